The molecule has 2 aliphatic rings. The maximum absolute atomic E-state index is 12.1. The SMILES string of the molecule is CCc1cc(N2CCC3(CC2)C(C(=O)O)CC(=O)N3C)nc(N(C)C)n1. The number of hydrogen-bond acceptors (Lipinski definition) is 6. The summed E-state index contributed by atoms with van der Waals surface area (Å²) in [4.78, 5) is 38.8. The molecule has 3 heterocycles. The van der Waals surface area contributed by atoms with E-state index in [0.717, 1.165) is 17.9 Å². The quantitative estimate of drug-likeness (QED) is 0.856. The van der Waals surface area contributed by atoms with Crippen molar-refractivity contribution in [3.63, 3.8) is 0 Å². The first-order valence-corrected chi connectivity index (χ1v) is 9.08. The summed E-state index contributed by atoms with van der Waals surface area (Å²) in [6.45, 7) is 3.41. The van der Waals surface area contributed by atoms with E-state index in [0.29, 0.717) is 31.9 Å². The van der Waals surface area contributed by atoms with Crippen molar-refractivity contribution < 1.29 is 14.7 Å². The number of likely N-dealkylation sites (tertiary alicyclic amines) is 1. The Morgan fingerprint density at radius 2 is 2.00 bits per heavy atom. The van der Waals surface area contributed by atoms with Gasteiger partial charge >= 0.3 is 5.97 Å². The number of aryl methyl sites for hydroxylation is 1. The molecule has 0 saturated carbocycles. The van der Waals surface area contributed by atoms with Gasteiger partial charge in [0.1, 0.15) is 5.82 Å². The molecule has 26 heavy (non-hydrogen) atoms. The minimum atomic E-state index is -0.874. The van der Waals surface area contributed by atoms with E-state index in [2.05, 4.69) is 21.8 Å². The monoisotopic (exact) mass is 361 g/mol. The number of aromatic nitrogens is 2. The minimum Gasteiger partial charge on any atom is -0.481 e. The Hall–Kier alpha value is -2.38. The van der Waals surface area contributed by atoms with E-state index >= 15 is 0 Å². The molecule has 2 aliphatic heterocycles. The van der Waals surface area contributed by atoms with Gasteiger partial charge in [-0.05, 0) is 19.3 Å². The van der Waals surface area contributed by atoms with E-state index in [9.17, 15) is 14.7 Å². The highest BCUT2D eigenvalue weighted by Gasteiger charge is 2.55. The summed E-state index contributed by atoms with van der Waals surface area (Å²) in [5, 5.41) is 9.60. The number of carbonyl (C=O) groups excluding carboxylic acids is 1. The molecule has 1 N–H and O–H groups in total. The molecule has 0 aliphatic carbocycles. The van der Waals surface area contributed by atoms with Crippen LogP contribution >= 0.6 is 0 Å². The summed E-state index contributed by atoms with van der Waals surface area (Å²) >= 11 is 0. The zero-order chi connectivity index (χ0) is 19.1. The number of hydrogen-bond donors (Lipinski definition) is 1. The molecule has 0 bridgehead atoms. The van der Waals surface area contributed by atoms with Crippen molar-refractivity contribution in [3.05, 3.63) is 11.8 Å². The van der Waals surface area contributed by atoms with E-state index in [-0.39, 0.29) is 12.3 Å². The number of rotatable bonds is 4. The second kappa shape index (κ2) is 6.74. The lowest BCUT2D eigenvalue weighted by Crippen LogP contribution is -2.56. The maximum Gasteiger partial charge on any atom is 0.309 e. The number of piperidine rings is 1. The van der Waals surface area contributed by atoms with Gasteiger partial charge < -0.3 is 19.8 Å². The van der Waals surface area contributed by atoms with Crippen molar-refractivity contribution in [1.29, 1.82) is 0 Å². The third-order valence-corrected chi connectivity index (χ3v) is 5.84. The molecule has 8 nitrogen and oxygen atoms in total. The number of aliphatic carboxylic acids is 1. The van der Waals surface area contributed by atoms with E-state index < -0.39 is 17.4 Å². The Morgan fingerprint density at radius 1 is 1.35 bits per heavy atom. The van der Waals surface area contributed by atoms with Gasteiger partial charge in [0.15, 0.2) is 0 Å². The lowest BCUT2D eigenvalue weighted by atomic mass is 9.77. The van der Waals surface area contributed by atoms with Crippen molar-refractivity contribution in [1.82, 2.24) is 14.9 Å². The molecule has 1 unspecified atom stereocenters. The molecule has 1 aromatic rings. The fourth-order valence-corrected chi connectivity index (χ4v) is 4.12. The largest absolute Gasteiger partial charge is 0.481 e. The van der Waals surface area contributed by atoms with Crippen LogP contribution in [0.15, 0.2) is 6.07 Å². The first kappa shape index (κ1) is 18.4. The molecule has 1 aromatic heterocycles. The number of amides is 1. The molecule has 3 rings (SSSR count). The van der Waals surface area contributed by atoms with Crippen molar-refractivity contribution in [2.24, 2.45) is 5.92 Å². The summed E-state index contributed by atoms with van der Waals surface area (Å²) in [6.07, 6.45) is 2.19. The van der Waals surface area contributed by atoms with Crippen LogP contribution < -0.4 is 9.80 Å². The summed E-state index contributed by atoms with van der Waals surface area (Å²) < 4.78 is 0. The van der Waals surface area contributed by atoms with Gasteiger partial charge in [-0.3, -0.25) is 9.59 Å². The lowest BCUT2D eigenvalue weighted by Gasteiger charge is -2.45. The van der Waals surface area contributed by atoms with Crippen LogP contribution in [-0.2, 0) is 16.0 Å². The fourth-order valence-electron chi connectivity index (χ4n) is 4.12. The second-order valence-electron chi connectivity index (χ2n) is 7.40. The predicted octanol–water partition coefficient (Wildman–Crippen LogP) is 1.01. The van der Waals surface area contributed by atoms with Crippen LogP contribution in [0.4, 0.5) is 11.8 Å². The second-order valence-corrected chi connectivity index (χ2v) is 7.40. The molecule has 0 aromatic carbocycles. The molecule has 8 heteroatoms. The minimum absolute atomic E-state index is 0.0731. The first-order chi connectivity index (χ1) is 12.3. The molecule has 1 spiro atoms. The topological polar surface area (TPSA) is 89.9 Å². The van der Waals surface area contributed by atoms with Gasteiger partial charge in [-0.2, -0.15) is 4.98 Å². The van der Waals surface area contributed by atoms with Gasteiger partial charge in [0, 0.05) is 52.4 Å². The van der Waals surface area contributed by atoms with Crippen molar-refractivity contribution in [2.75, 3.05) is 44.0 Å². The van der Waals surface area contributed by atoms with Gasteiger partial charge in [-0.25, -0.2) is 4.98 Å². The highest BCUT2D eigenvalue weighted by Crippen LogP contribution is 2.43. The molecule has 0 radical (unpaired) electrons. The summed E-state index contributed by atoms with van der Waals surface area (Å²) in [5.41, 5.74) is 0.403. The van der Waals surface area contributed by atoms with Crippen LogP contribution in [0.1, 0.15) is 31.9 Å². The zero-order valence-corrected chi connectivity index (χ0v) is 15.9. The van der Waals surface area contributed by atoms with Crippen molar-refractivity contribution >= 4 is 23.6 Å². The van der Waals surface area contributed by atoms with Gasteiger partial charge in [-0.1, -0.05) is 6.92 Å². The van der Waals surface area contributed by atoms with Crippen LogP contribution in [0.2, 0.25) is 0 Å². The predicted molar refractivity (Wildman–Crippen MR) is 98.4 cm³/mol. The van der Waals surface area contributed by atoms with Crippen LogP contribution in [0.5, 0.6) is 0 Å². The Kier molecular flexibility index (Phi) is 4.77. The van der Waals surface area contributed by atoms with E-state index in [1.54, 1.807) is 11.9 Å². The smallest absolute Gasteiger partial charge is 0.309 e. The average Bonchev–Trinajstić information content (AvgIpc) is 2.87. The van der Waals surface area contributed by atoms with Crippen LogP contribution in [0, 0.1) is 5.92 Å². The molecular weight excluding hydrogens is 334 g/mol. The van der Waals surface area contributed by atoms with Crippen molar-refractivity contribution in [3.8, 4) is 0 Å². The highest BCUT2D eigenvalue weighted by atomic mass is 16.4. The van der Waals surface area contributed by atoms with Gasteiger partial charge in [0.2, 0.25) is 11.9 Å². The molecule has 142 valence electrons. The maximum atomic E-state index is 12.1. The van der Waals surface area contributed by atoms with Crippen molar-refractivity contribution in [2.45, 2.75) is 38.1 Å². The van der Waals surface area contributed by atoms with Gasteiger partial charge in [-0.15, -0.1) is 0 Å². The lowest BCUT2D eigenvalue weighted by molar-refractivity contribution is -0.145. The summed E-state index contributed by atoms with van der Waals surface area (Å²) in [5.74, 6) is -0.0288. The Morgan fingerprint density at radius 3 is 2.54 bits per heavy atom. The summed E-state index contributed by atoms with van der Waals surface area (Å²) in [6, 6.07) is 2.00. The number of nitrogens with zero attached hydrogens (tertiary/aromatic N) is 5. The Bertz CT molecular complexity index is 713. The van der Waals surface area contributed by atoms with Crippen LogP contribution in [-0.4, -0.2) is 71.6 Å². The molecule has 1 atom stereocenters. The van der Waals surface area contributed by atoms with Crippen LogP contribution in [0.25, 0.3) is 0 Å². The van der Waals surface area contributed by atoms with E-state index in [1.165, 1.54) is 0 Å². The van der Waals surface area contributed by atoms with Gasteiger partial charge in [0.05, 0.1) is 11.5 Å². The Labute approximate surface area is 153 Å². The number of anilines is 2. The average molecular weight is 361 g/mol. The number of carboxylic acid groups (broad SMARTS) is 1. The molecular formula is C18H27N5O3. The normalized spacial score (nSPS) is 22.2. The summed E-state index contributed by atoms with van der Waals surface area (Å²) in [7, 11) is 5.57. The standard InChI is InChI=1S/C18H27N5O3/c1-5-12-10-14(20-17(19-12)21(2)3)23-8-6-18(7-9-23)13(16(25)26)11-15(24)22(18)4/h10,13H,5-9,11H2,1-4H3,(H,25,26). The third kappa shape index (κ3) is 2.97. The third-order valence-electron chi connectivity index (χ3n) is 5.84. The highest BCUT2D eigenvalue weighted by molar-refractivity contribution is 5.88. The van der Waals surface area contributed by atoms with E-state index in [4.69, 9.17) is 0 Å². The molecule has 2 fully saturated rings. The number of carbonyl (C=O) groups is 2. The zero-order valence-electron chi connectivity index (χ0n) is 15.9. The van der Waals surface area contributed by atoms with Gasteiger partial charge in [0.25, 0.3) is 0 Å². The first-order valence-electron chi connectivity index (χ1n) is 9.08. The fraction of sp³-hybridized carbons (Fsp3) is 0.667. The molecule has 2 saturated heterocycles. The molecule has 1 amide bonds. The van der Waals surface area contributed by atoms with Crippen LogP contribution in [0.3, 0.4) is 0 Å². The Balaban J connectivity index is 1.83. The van der Waals surface area contributed by atoms with E-state index in [1.807, 2.05) is 25.1 Å². The number of carboxylic acids is 1.